The Morgan fingerprint density at radius 3 is 2.77 bits per heavy atom. The third-order valence-electron chi connectivity index (χ3n) is 3.72. The summed E-state index contributed by atoms with van der Waals surface area (Å²) < 4.78 is 39.4. The van der Waals surface area contributed by atoms with Crippen LogP contribution in [-0.4, -0.2) is 23.1 Å². The van der Waals surface area contributed by atoms with Crippen molar-refractivity contribution in [2.75, 3.05) is 18.0 Å². The summed E-state index contributed by atoms with van der Waals surface area (Å²) in [5.41, 5.74) is -0.537. The van der Waals surface area contributed by atoms with E-state index in [2.05, 4.69) is 16.9 Å². The van der Waals surface area contributed by atoms with Crippen molar-refractivity contribution in [3.63, 3.8) is 0 Å². The standard InChI is InChI=1S/C15H16F3N3S/c1-10-4-2-6-21(9-10)14-19-11(12-5-3-7-22-12)8-13(20-14)15(16,17)18/h3,5,7-8,10H,2,4,6,9H2,1H3/t10-/m0/s1. The summed E-state index contributed by atoms with van der Waals surface area (Å²) in [4.78, 5) is 10.7. The van der Waals surface area contributed by atoms with Gasteiger partial charge >= 0.3 is 6.18 Å². The summed E-state index contributed by atoms with van der Waals surface area (Å²) in [5.74, 6) is 0.627. The van der Waals surface area contributed by atoms with Crippen LogP contribution >= 0.6 is 11.3 Å². The van der Waals surface area contributed by atoms with E-state index in [1.807, 2.05) is 10.3 Å². The van der Waals surface area contributed by atoms with Gasteiger partial charge in [0, 0.05) is 13.1 Å². The normalized spacial score (nSPS) is 19.5. The van der Waals surface area contributed by atoms with Crippen LogP contribution in [-0.2, 0) is 6.18 Å². The molecule has 1 aliphatic rings. The average molecular weight is 327 g/mol. The van der Waals surface area contributed by atoms with Gasteiger partial charge in [-0.3, -0.25) is 0 Å². The van der Waals surface area contributed by atoms with Crippen molar-refractivity contribution in [2.24, 2.45) is 5.92 Å². The molecule has 3 nitrogen and oxygen atoms in total. The van der Waals surface area contributed by atoms with Gasteiger partial charge in [0.15, 0.2) is 5.69 Å². The summed E-state index contributed by atoms with van der Waals surface area (Å²) in [6.45, 7) is 3.50. The second-order valence-electron chi connectivity index (χ2n) is 5.61. The Bertz CT molecular complexity index is 640. The minimum Gasteiger partial charge on any atom is -0.341 e. The molecule has 0 bridgehead atoms. The third-order valence-corrected chi connectivity index (χ3v) is 4.61. The van der Waals surface area contributed by atoms with Crippen LogP contribution in [0.5, 0.6) is 0 Å². The lowest BCUT2D eigenvalue weighted by atomic mass is 10.0. The number of rotatable bonds is 2. The van der Waals surface area contributed by atoms with Gasteiger partial charge in [-0.2, -0.15) is 13.2 Å². The Balaban J connectivity index is 2.03. The fourth-order valence-corrected chi connectivity index (χ4v) is 3.33. The molecule has 0 aliphatic carbocycles. The highest BCUT2D eigenvalue weighted by atomic mass is 32.1. The molecule has 22 heavy (non-hydrogen) atoms. The van der Waals surface area contributed by atoms with Crippen molar-refractivity contribution in [3.05, 3.63) is 29.3 Å². The highest BCUT2D eigenvalue weighted by molar-refractivity contribution is 7.13. The predicted octanol–water partition coefficient (Wildman–Crippen LogP) is 4.46. The predicted molar refractivity (Wildman–Crippen MR) is 81.0 cm³/mol. The van der Waals surface area contributed by atoms with Crippen molar-refractivity contribution >= 4 is 17.3 Å². The van der Waals surface area contributed by atoms with Gasteiger partial charge in [-0.25, -0.2) is 9.97 Å². The lowest BCUT2D eigenvalue weighted by Gasteiger charge is -2.31. The molecule has 7 heteroatoms. The SMILES string of the molecule is C[C@H]1CCCN(c2nc(-c3cccs3)cc(C(F)(F)F)n2)C1. The minimum atomic E-state index is -4.47. The van der Waals surface area contributed by atoms with Crippen LogP contribution in [0.1, 0.15) is 25.5 Å². The van der Waals surface area contributed by atoms with Crippen molar-refractivity contribution < 1.29 is 13.2 Å². The van der Waals surface area contributed by atoms with E-state index in [0.29, 0.717) is 24.7 Å². The van der Waals surface area contributed by atoms with Crippen molar-refractivity contribution in [3.8, 4) is 10.6 Å². The van der Waals surface area contributed by atoms with E-state index in [-0.39, 0.29) is 5.95 Å². The highest BCUT2D eigenvalue weighted by Gasteiger charge is 2.34. The van der Waals surface area contributed by atoms with E-state index >= 15 is 0 Å². The van der Waals surface area contributed by atoms with Crippen LogP contribution in [0, 0.1) is 5.92 Å². The zero-order valence-corrected chi connectivity index (χ0v) is 12.9. The summed E-state index contributed by atoms with van der Waals surface area (Å²) in [6, 6.07) is 4.61. The molecule has 2 aromatic rings. The molecule has 0 saturated carbocycles. The molecule has 3 rings (SSSR count). The molecule has 0 amide bonds. The first-order chi connectivity index (χ1) is 10.4. The number of hydrogen-bond acceptors (Lipinski definition) is 4. The monoisotopic (exact) mass is 327 g/mol. The lowest BCUT2D eigenvalue weighted by Crippen LogP contribution is -2.36. The summed E-state index contributed by atoms with van der Waals surface area (Å²) in [5, 5.41) is 1.83. The summed E-state index contributed by atoms with van der Waals surface area (Å²) in [6.07, 6.45) is -2.42. The van der Waals surface area contributed by atoms with Gasteiger partial charge in [-0.05, 0) is 36.3 Å². The van der Waals surface area contributed by atoms with Gasteiger partial charge in [0.25, 0.3) is 0 Å². The molecule has 0 aromatic carbocycles. The minimum absolute atomic E-state index is 0.185. The zero-order chi connectivity index (χ0) is 15.7. The molecular weight excluding hydrogens is 311 g/mol. The Labute approximate surface area is 130 Å². The molecule has 0 radical (unpaired) electrons. The number of nitrogens with zero attached hydrogens (tertiary/aromatic N) is 3. The first-order valence-electron chi connectivity index (χ1n) is 7.18. The second kappa shape index (κ2) is 5.87. The number of halogens is 3. The van der Waals surface area contributed by atoms with Crippen LogP contribution in [0.4, 0.5) is 19.1 Å². The van der Waals surface area contributed by atoms with Crippen molar-refractivity contribution in [1.82, 2.24) is 9.97 Å². The maximum absolute atomic E-state index is 13.1. The van der Waals surface area contributed by atoms with Crippen molar-refractivity contribution in [2.45, 2.75) is 25.9 Å². The molecule has 2 aromatic heterocycles. The molecule has 3 heterocycles. The highest BCUT2D eigenvalue weighted by Crippen LogP contribution is 2.33. The van der Waals surface area contributed by atoms with Crippen LogP contribution in [0.15, 0.2) is 23.6 Å². The van der Waals surface area contributed by atoms with Crippen LogP contribution < -0.4 is 4.90 Å². The molecule has 1 aliphatic heterocycles. The van der Waals surface area contributed by atoms with Gasteiger partial charge in [0.1, 0.15) is 0 Å². The van der Waals surface area contributed by atoms with Crippen LogP contribution in [0.3, 0.4) is 0 Å². The van der Waals surface area contributed by atoms with Gasteiger partial charge in [-0.1, -0.05) is 13.0 Å². The van der Waals surface area contributed by atoms with E-state index < -0.39 is 11.9 Å². The van der Waals surface area contributed by atoms with E-state index in [1.54, 1.807) is 12.1 Å². The molecular formula is C15H16F3N3S. The quantitative estimate of drug-likeness (QED) is 0.815. The molecule has 0 spiro atoms. The van der Waals surface area contributed by atoms with Crippen molar-refractivity contribution in [1.29, 1.82) is 0 Å². The lowest BCUT2D eigenvalue weighted by molar-refractivity contribution is -0.141. The Kier molecular flexibility index (Phi) is 4.08. The summed E-state index contributed by atoms with van der Waals surface area (Å²) in [7, 11) is 0. The van der Waals surface area contributed by atoms with E-state index in [9.17, 15) is 13.2 Å². The van der Waals surface area contributed by atoms with Gasteiger partial charge in [0.2, 0.25) is 5.95 Å². The van der Waals surface area contributed by atoms with Crippen LogP contribution in [0.2, 0.25) is 0 Å². The van der Waals surface area contributed by atoms with Gasteiger partial charge in [0.05, 0.1) is 10.6 Å². The molecule has 1 saturated heterocycles. The molecule has 0 unspecified atom stereocenters. The Hall–Kier alpha value is -1.63. The Morgan fingerprint density at radius 2 is 2.14 bits per heavy atom. The summed E-state index contributed by atoms with van der Waals surface area (Å²) >= 11 is 1.38. The molecule has 0 N–H and O–H groups in total. The van der Waals surface area contributed by atoms with E-state index in [0.717, 1.165) is 23.8 Å². The maximum atomic E-state index is 13.1. The largest absolute Gasteiger partial charge is 0.433 e. The Morgan fingerprint density at radius 1 is 1.32 bits per heavy atom. The topological polar surface area (TPSA) is 29.0 Å². The number of anilines is 1. The number of piperidine rings is 1. The number of hydrogen-bond donors (Lipinski definition) is 0. The first-order valence-corrected chi connectivity index (χ1v) is 8.06. The van der Waals surface area contributed by atoms with E-state index in [1.165, 1.54) is 11.3 Å². The number of alkyl halides is 3. The fourth-order valence-electron chi connectivity index (χ4n) is 2.64. The maximum Gasteiger partial charge on any atom is 0.433 e. The molecule has 118 valence electrons. The zero-order valence-electron chi connectivity index (χ0n) is 12.1. The first kappa shape index (κ1) is 15.3. The number of thiophene rings is 1. The van der Waals surface area contributed by atoms with Crippen LogP contribution in [0.25, 0.3) is 10.6 Å². The van der Waals surface area contributed by atoms with Gasteiger partial charge in [-0.15, -0.1) is 11.3 Å². The smallest absolute Gasteiger partial charge is 0.341 e. The fraction of sp³-hybridized carbons (Fsp3) is 0.467. The molecule has 1 fully saturated rings. The second-order valence-corrected chi connectivity index (χ2v) is 6.55. The third kappa shape index (κ3) is 3.24. The average Bonchev–Trinajstić information content (AvgIpc) is 3.00. The van der Waals surface area contributed by atoms with E-state index in [4.69, 9.17) is 0 Å². The number of aromatic nitrogens is 2. The van der Waals surface area contributed by atoms with Gasteiger partial charge < -0.3 is 4.90 Å². The molecule has 1 atom stereocenters.